The van der Waals surface area contributed by atoms with E-state index in [-0.39, 0.29) is 31.7 Å². The molecule has 0 aromatic heterocycles. The largest absolute Gasteiger partial charge is 0.459 e. The van der Waals surface area contributed by atoms with Crippen molar-refractivity contribution in [2.24, 2.45) is 23.7 Å². The Morgan fingerprint density at radius 2 is 1.52 bits per heavy atom. The number of likely N-dealkylation sites (N-methyl/N-ethyl adjacent to an activating group) is 1. The Morgan fingerprint density at radius 1 is 0.875 bits per heavy atom. The molecule has 3 heterocycles. The Bertz CT molecular complexity index is 1610. The number of esters is 1. The van der Waals surface area contributed by atoms with E-state index in [1.807, 2.05) is 30.3 Å². The molecule has 0 saturated carbocycles. The number of amides is 1. The predicted octanol–water partition coefficient (Wildman–Crippen LogP) is 1.85. The number of cyclic esters (lactones) is 1. The number of benzene rings is 1. The first kappa shape index (κ1) is 54.2. The van der Waals surface area contributed by atoms with Crippen LogP contribution in [0.4, 0.5) is 0 Å². The first-order valence-electron chi connectivity index (χ1n) is 23.2. The van der Waals surface area contributed by atoms with Crippen molar-refractivity contribution in [1.82, 2.24) is 15.5 Å². The number of ether oxygens (including phenoxy) is 6. The second-order valence-electron chi connectivity index (χ2n) is 19.6. The van der Waals surface area contributed by atoms with Gasteiger partial charge in [0.05, 0.1) is 66.3 Å². The molecule has 1 aromatic rings. The normalized spacial score (nSPS) is 42.9. The van der Waals surface area contributed by atoms with Crippen molar-refractivity contribution in [2.75, 3.05) is 33.8 Å². The van der Waals surface area contributed by atoms with Crippen LogP contribution in [0.2, 0.25) is 0 Å². The average molecular weight is 912 g/mol. The molecular formula is C47H81N3O14. The lowest BCUT2D eigenvalue weighted by atomic mass is 9.73. The maximum absolute atomic E-state index is 14.3. The fraction of sp³-hybridized carbons (Fsp3) is 0.830. The van der Waals surface area contributed by atoms with Gasteiger partial charge < -0.3 is 74.6 Å². The molecule has 1 aromatic carbocycles. The van der Waals surface area contributed by atoms with Crippen molar-refractivity contribution in [3.63, 3.8) is 0 Å². The van der Waals surface area contributed by atoms with Crippen LogP contribution in [0.5, 0.6) is 0 Å². The zero-order valence-corrected chi connectivity index (χ0v) is 40.2. The summed E-state index contributed by atoms with van der Waals surface area (Å²) in [4.78, 5) is 29.3. The van der Waals surface area contributed by atoms with Crippen molar-refractivity contribution in [1.29, 1.82) is 0 Å². The number of methoxy groups -OCH3 is 1. The quantitative estimate of drug-likeness (QED) is 0.0983. The Hall–Kier alpha value is -2.36. The third-order valence-electron chi connectivity index (χ3n) is 14.2. The van der Waals surface area contributed by atoms with Crippen LogP contribution in [0.3, 0.4) is 0 Å². The van der Waals surface area contributed by atoms with Gasteiger partial charge in [-0.2, -0.15) is 0 Å². The molecule has 368 valence electrons. The summed E-state index contributed by atoms with van der Waals surface area (Å²) in [5.74, 6) is -4.70. The number of nitrogens with one attached hydrogen (secondary N) is 2. The number of carbonyl (C=O) groups is 2. The van der Waals surface area contributed by atoms with Gasteiger partial charge in [0.15, 0.2) is 12.6 Å². The van der Waals surface area contributed by atoms with Gasteiger partial charge in [-0.25, -0.2) is 0 Å². The Labute approximate surface area is 380 Å². The molecule has 64 heavy (non-hydrogen) atoms. The van der Waals surface area contributed by atoms with Crippen molar-refractivity contribution in [3.05, 3.63) is 35.9 Å². The Kier molecular flexibility index (Phi) is 19.6. The summed E-state index contributed by atoms with van der Waals surface area (Å²) >= 11 is 0. The van der Waals surface area contributed by atoms with Crippen molar-refractivity contribution >= 4 is 11.9 Å². The maximum Gasteiger partial charge on any atom is 0.311 e. The lowest BCUT2D eigenvalue weighted by Crippen LogP contribution is -2.62. The molecule has 0 aliphatic carbocycles. The monoisotopic (exact) mass is 912 g/mol. The minimum absolute atomic E-state index is 0.0253. The van der Waals surface area contributed by atoms with Gasteiger partial charge in [-0.05, 0) is 72.3 Å². The molecule has 17 nitrogen and oxygen atoms in total. The van der Waals surface area contributed by atoms with Gasteiger partial charge in [-0.1, -0.05) is 58.0 Å². The van der Waals surface area contributed by atoms with Gasteiger partial charge in [0, 0.05) is 52.0 Å². The van der Waals surface area contributed by atoms with Gasteiger partial charge in [0.1, 0.15) is 23.9 Å². The summed E-state index contributed by atoms with van der Waals surface area (Å²) < 4.78 is 37.6. The number of aliphatic hydroxyl groups is 6. The zero-order valence-electron chi connectivity index (χ0n) is 40.2. The molecule has 3 fully saturated rings. The third kappa shape index (κ3) is 13.0. The molecule has 0 unspecified atom stereocenters. The molecule has 3 aliphatic heterocycles. The maximum atomic E-state index is 14.3. The van der Waals surface area contributed by atoms with Crippen molar-refractivity contribution in [3.8, 4) is 0 Å². The van der Waals surface area contributed by atoms with Gasteiger partial charge in [0.25, 0.3) is 0 Å². The van der Waals surface area contributed by atoms with E-state index in [0.29, 0.717) is 26.1 Å². The SMILES string of the molecule is CC[C@H]1OC(=O)[C@H](C)[C@@H](O[C@H]2C[C@@](C)(OC)[C@@H](O)[C@H](C)O2)[C@H](C)[C@@H](O[C@H]2O[C@@H](C)C[C@@H](N(C)C(=O)CNCCNCc3ccccc3)[C@@H]2O)[C@](C)(O)C[C@@H](C)[C@H](O)[C@H](C)[C@@H](O)[C@]1(C)O. The van der Waals surface area contributed by atoms with E-state index in [9.17, 15) is 40.2 Å². The molecule has 17 heteroatoms. The van der Waals surface area contributed by atoms with Gasteiger partial charge in [-0.15, -0.1) is 0 Å². The topological polar surface area (TPSA) is 238 Å². The fourth-order valence-electron chi connectivity index (χ4n) is 9.97. The highest BCUT2D eigenvalue weighted by molar-refractivity contribution is 5.78. The summed E-state index contributed by atoms with van der Waals surface area (Å²) in [6.45, 7) is 18.3. The van der Waals surface area contributed by atoms with Crippen molar-refractivity contribution in [2.45, 2.75) is 192 Å². The average Bonchev–Trinajstić information content (AvgIpc) is 3.25. The van der Waals surface area contributed by atoms with Crippen LogP contribution < -0.4 is 10.6 Å². The standard InChI is InChI=1S/C47H81N3O14/c1-13-34-47(10,58)40(54)28(4)37(52)26(2)22-45(8,57)42(29(5)39(30(6)43(56)62-34)63-36-23-46(9,59-12)41(55)31(7)61-36)64-44-38(53)33(21-27(3)60-44)50(11)35(51)25-49-20-19-48-24-32-17-15-14-16-18-32/h14-18,26-31,33-34,36-42,44,48-49,52-55,57-58H,13,19-25H2,1-12H3/t26-,27+,28+,29+,30-,31+,33-,34-,36+,37+,38+,39+,40-,41+,42-,44-,45-,46-,47-/m1/s1. The van der Waals surface area contributed by atoms with Crippen LogP contribution in [0.15, 0.2) is 30.3 Å². The van der Waals surface area contributed by atoms with Crippen LogP contribution in [0.1, 0.15) is 100 Å². The minimum Gasteiger partial charge on any atom is -0.459 e. The molecule has 0 spiro atoms. The first-order chi connectivity index (χ1) is 29.9. The lowest BCUT2D eigenvalue weighted by Gasteiger charge is -2.49. The predicted molar refractivity (Wildman–Crippen MR) is 237 cm³/mol. The summed E-state index contributed by atoms with van der Waals surface area (Å²) in [6, 6.07) is 9.26. The van der Waals surface area contributed by atoms with E-state index in [1.54, 1.807) is 62.4 Å². The number of rotatable bonds is 14. The molecule has 8 N–H and O–H groups in total. The summed E-state index contributed by atoms with van der Waals surface area (Å²) in [7, 11) is 3.09. The highest BCUT2D eigenvalue weighted by atomic mass is 16.7. The highest BCUT2D eigenvalue weighted by Gasteiger charge is 2.53. The van der Waals surface area contributed by atoms with E-state index in [1.165, 1.54) is 25.9 Å². The van der Waals surface area contributed by atoms with E-state index in [2.05, 4.69) is 10.6 Å². The van der Waals surface area contributed by atoms with E-state index < -0.39 is 120 Å². The lowest BCUT2D eigenvalue weighted by molar-refractivity contribution is -0.318. The van der Waals surface area contributed by atoms with E-state index in [4.69, 9.17) is 28.4 Å². The second-order valence-corrected chi connectivity index (χ2v) is 19.6. The summed E-state index contributed by atoms with van der Waals surface area (Å²) in [5, 5.41) is 77.1. The molecule has 0 radical (unpaired) electrons. The molecule has 1 amide bonds. The minimum atomic E-state index is -1.98. The van der Waals surface area contributed by atoms with Gasteiger partial charge in [0.2, 0.25) is 5.91 Å². The summed E-state index contributed by atoms with van der Waals surface area (Å²) in [5.41, 5.74) is -3.76. The number of nitrogens with zero attached hydrogens (tertiary/aromatic N) is 1. The Morgan fingerprint density at radius 3 is 2.14 bits per heavy atom. The van der Waals surface area contributed by atoms with Crippen LogP contribution in [-0.2, 0) is 44.6 Å². The van der Waals surface area contributed by atoms with Crippen LogP contribution >= 0.6 is 0 Å². The van der Waals surface area contributed by atoms with E-state index in [0.717, 1.165) is 5.56 Å². The zero-order chi connectivity index (χ0) is 47.9. The third-order valence-corrected chi connectivity index (χ3v) is 14.2. The molecular weight excluding hydrogens is 831 g/mol. The van der Waals surface area contributed by atoms with Crippen LogP contribution in [0.25, 0.3) is 0 Å². The van der Waals surface area contributed by atoms with Gasteiger partial charge in [-0.3, -0.25) is 9.59 Å². The number of aliphatic hydroxyl groups excluding tert-OH is 4. The number of carbonyl (C=O) groups excluding carboxylic acids is 2. The molecule has 4 rings (SSSR count). The number of hydrogen-bond acceptors (Lipinski definition) is 16. The van der Waals surface area contributed by atoms with Crippen molar-refractivity contribution < 1.29 is 68.6 Å². The molecule has 3 saturated heterocycles. The second kappa shape index (κ2) is 23.1. The smallest absolute Gasteiger partial charge is 0.311 e. The fourth-order valence-corrected chi connectivity index (χ4v) is 9.97. The molecule has 19 atom stereocenters. The number of hydrogen-bond donors (Lipinski definition) is 8. The first-order valence-corrected chi connectivity index (χ1v) is 23.2. The van der Waals surface area contributed by atoms with Crippen LogP contribution in [-0.4, -0.2) is 172 Å². The van der Waals surface area contributed by atoms with E-state index >= 15 is 0 Å². The van der Waals surface area contributed by atoms with Gasteiger partial charge >= 0.3 is 5.97 Å². The summed E-state index contributed by atoms with van der Waals surface area (Å²) in [6.07, 6.45) is -12.1. The Balaban J connectivity index is 1.66. The molecule has 0 bridgehead atoms. The highest BCUT2D eigenvalue weighted by Crippen LogP contribution is 2.41. The van der Waals surface area contributed by atoms with Crippen LogP contribution in [0, 0.1) is 23.7 Å². The molecule has 3 aliphatic rings.